The Morgan fingerprint density at radius 3 is 2.49 bits per heavy atom. The Labute approximate surface area is 311 Å². The number of methoxy groups -OCH3 is 2. The Bertz CT molecular complexity index is 1820. The first-order chi connectivity index (χ1) is 25.3. The second-order valence-electron chi connectivity index (χ2n) is 15.0. The van der Waals surface area contributed by atoms with Crippen LogP contribution in [0.3, 0.4) is 0 Å². The molecule has 2 amide bonds. The van der Waals surface area contributed by atoms with Crippen molar-refractivity contribution in [2.24, 2.45) is 0 Å². The van der Waals surface area contributed by atoms with Crippen molar-refractivity contribution >= 4 is 12.0 Å². The van der Waals surface area contributed by atoms with E-state index in [9.17, 15) is 14.9 Å². The molecule has 2 aromatic rings. The van der Waals surface area contributed by atoms with Gasteiger partial charge in [-0.2, -0.15) is 5.26 Å². The number of amides is 2. The Morgan fingerprint density at radius 2 is 1.83 bits per heavy atom. The third-order valence-electron chi connectivity index (χ3n) is 10.5. The lowest BCUT2D eigenvalue weighted by Gasteiger charge is -2.60. The number of piperazine rings is 1. The van der Waals surface area contributed by atoms with Crippen LogP contribution in [0.25, 0.3) is 0 Å². The molecule has 1 fully saturated rings. The van der Waals surface area contributed by atoms with Gasteiger partial charge in [0, 0.05) is 48.0 Å². The molecule has 0 spiro atoms. The molecule has 0 aliphatic carbocycles. The summed E-state index contributed by atoms with van der Waals surface area (Å²) in [6, 6.07) is 2.01. The minimum atomic E-state index is -0.903. The standard InChI is InChI=1S/C39H51N5O9/c1-11-12-49-33-21(3)34-36(52-19-51-34)30-24(33)15-26-31-29-23(13-20(2)32(48-10)35(29)50-18-47-9)14-25(43(31)8)27(16-40)44(26)28(30)17-41-37(45)22(4)42-38(46)53-39(5,6)7/h11,13,22,25-28,31H,1,12,14-15,17-19H2,2-10H3,(H,41,45)(H,42,46)/t22-,25+,26?,27-,28-,31?/m0/s1. The monoisotopic (exact) mass is 733 g/mol. The zero-order valence-electron chi connectivity index (χ0n) is 32.1. The van der Waals surface area contributed by atoms with Gasteiger partial charge in [-0.15, -0.1) is 0 Å². The Morgan fingerprint density at radius 1 is 1.09 bits per heavy atom. The molecule has 4 heterocycles. The normalized spacial score (nSPS) is 23.4. The van der Waals surface area contributed by atoms with Crippen LogP contribution in [0.4, 0.5) is 4.79 Å². The number of likely N-dealkylation sites (N-methyl/N-ethyl adjacent to an activating group) is 1. The topological polar surface area (TPSA) is 153 Å². The Balaban J connectivity index is 1.50. The van der Waals surface area contributed by atoms with E-state index in [0.29, 0.717) is 41.6 Å². The molecule has 6 rings (SSSR count). The third-order valence-corrected chi connectivity index (χ3v) is 10.5. The van der Waals surface area contributed by atoms with Crippen LogP contribution in [0.2, 0.25) is 0 Å². The molecular formula is C39H51N5O9. The van der Waals surface area contributed by atoms with E-state index in [2.05, 4.69) is 46.2 Å². The van der Waals surface area contributed by atoms with Crippen LogP contribution in [-0.2, 0) is 27.1 Å². The van der Waals surface area contributed by atoms with Gasteiger partial charge in [0.2, 0.25) is 12.7 Å². The molecule has 2 aromatic carbocycles. The quantitative estimate of drug-likeness (QED) is 0.249. The molecule has 4 aliphatic heterocycles. The molecular weight excluding hydrogens is 682 g/mol. The number of carbonyl (C=O) groups is 2. The van der Waals surface area contributed by atoms with Gasteiger partial charge in [0.15, 0.2) is 29.8 Å². The molecule has 1 saturated heterocycles. The number of aryl methyl sites for hydroxylation is 1. The zero-order chi connectivity index (χ0) is 38.4. The summed E-state index contributed by atoms with van der Waals surface area (Å²) in [6.07, 6.45) is 2.07. The van der Waals surface area contributed by atoms with Gasteiger partial charge in [-0.3, -0.25) is 14.6 Å². The van der Waals surface area contributed by atoms with Crippen LogP contribution < -0.4 is 34.3 Å². The Hall–Kier alpha value is -4.71. The molecule has 14 heteroatoms. The van der Waals surface area contributed by atoms with Gasteiger partial charge in [0.25, 0.3) is 0 Å². The lowest BCUT2D eigenvalue weighted by molar-refractivity contribution is -0.123. The van der Waals surface area contributed by atoms with Crippen molar-refractivity contribution in [3.63, 3.8) is 0 Å². The summed E-state index contributed by atoms with van der Waals surface area (Å²) in [6.45, 7) is 15.1. The number of hydrogen-bond acceptors (Lipinski definition) is 12. The highest BCUT2D eigenvalue weighted by molar-refractivity contribution is 5.85. The van der Waals surface area contributed by atoms with E-state index in [0.717, 1.165) is 33.4 Å². The zero-order valence-corrected chi connectivity index (χ0v) is 32.1. The SMILES string of the molecule is C=CCOc1c(C)c2c(c3c1CC1C4c5c(cc(C)c(OC)c5OCOC)C[C@H]([C@H](C#N)N1[C@H]3CNC(=O)[C@H](C)NC(=O)OC(C)(C)C)N4C)OCO2. The first-order valence-corrected chi connectivity index (χ1v) is 17.9. The van der Waals surface area contributed by atoms with Crippen LogP contribution in [0.1, 0.15) is 73.2 Å². The van der Waals surface area contributed by atoms with E-state index in [1.165, 1.54) is 0 Å². The van der Waals surface area contributed by atoms with Crippen molar-refractivity contribution in [3.8, 4) is 34.8 Å². The average molecular weight is 734 g/mol. The third kappa shape index (κ3) is 6.82. The van der Waals surface area contributed by atoms with E-state index in [1.54, 1.807) is 48.0 Å². The van der Waals surface area contributed by atoms with E-state index in [1.807, 2.05) is 13.8 Å². The highest BCUT2D eigenvalue weighted by Gasteiger charge is 2.57. The molecule has 0 radical (unpaired) electrons. The molecule has 286 valence electrons. The van der Waals surface area contributed by atoms with Crippen molar-refractivity contribution in [3.05, 3.63) is 52.1 Å². The van der Waals surface area contributed by atoms with E-state index in [4.69, 9.17) is 33.2 Å². The second-order valence-corrected chi connectivity index (χ2v) is 15.0. The molecule has 6 atom stereocenters. The first-order valence-electron chi connectivity index (χ1n) is 17.9. The lowest BCUT2D eigenvalue weighted by atomic mass is 9.71. The van der Waals surface area contributed by atoms with Gasteiger partial charge in [-0.25, -0.2) is 4.79 Å². The van der Waals surface area contributed by atoms with E-state index >= 15 is 0 Å². The molecule has 2 unspecified atom stereocenters. The van der Waals surface area contributed by atoms with Gasteiger partial charge >= 0.3 is 6.09 Å². The summed E-state index contributed by atoms with van der Waals surface area (Å²) >= 11 is 0. The van der Waals surface area contributed by atoms with Gasteiger partial charge in [0.05, 0.1) is 25.3 Å². The van der Waals surface area contributed by atoms with E-state index in [-0.39, 0.29) is 44.9 Å². The molecule has 2 N–H and O–H groups in total. The summed E-state index contributed by atoms with van der Waals surface area (Å²) in [5.41, 5.74) is 4.77. The fraction of sp³-hybridized carbons (Fsp3) is 0.564. The number of carbonyl (C=O) groups excluding carboxylic acids is 2. The predicted octanol–water partition coefficient (Wildman–Crippen LogP) is 4.39. The van der Waals surface area contributed by atoms with Crippen molar-refractivity contribution < 1.29 is 42.7 Å². The van der Waals surface area contributed by atoms with Crippen molar-refractivity contribution in [1.82, 2.24) is 20.4 Å². The molecule has 0 saturated carbocycles. The number of nitrogens with one attached hydrogen (secondary N) is 2. The van der Waals surface area contributed by atoms with Gasteiger partial charge < -0.3 is 43.8 Å². The van der Waals surface area contributed by atoms with Crippen molar-refractivity contribution in [2.45, 2.75) is 96.2 Å². The van der Waals surface area contributed by atoms with Crippen LogP contribution in [-0.4, -0.2) is 99.6 Å². The summed E-state index contributed by atoms with van der Waals surface area (Å²) in [5, 5.41) is 16.7. The number of benzene rings is 2. The molecule has 53 heavy (non-hydrogen) atoms. The first kappa shape index (κ1) is 38.0. The van der Waals surface area contributed by atoms with Gasteiger partial charge in [-0.05, 0) is 72.6 Å². The van der Waals surface area contributed by atoms with Crippen LogP contribution in [0, 0.1) is 25.2 Å². The summed E-state index contributed by atoms with van der Waals surface area (Å²) in [7, 11) is 5.27. The lowest BCUT2D eigenvalue weighted by Crippen LogP contribution is -2.69. The number of hydrogen-bond donors (Lipinski definition) is 2. The van der Waals surface area contributed by atoms with Crippen LogP contribution in [0.15, 0.2) is 18.7 Å². The van der Waals surface area contributed by atoms with Crippen LogP contribution >= 0.6 is 0 Å². The smallest absolute Gasteiger partial charge is 0.408 e. The van der Waals surface area contributed by atoms with Gasteiger partial charge in [-0.1, -0.05) is 18.7 Å². The average Bonchev–Trinajstić information content (AvgIpc) is 3.59. The number of nitrogens with zero attached hydrogens (tertiary/aromatic N) is 3. The fourth-order valence-corrected chi connectivity index (χ4v) is 8.50. The largest absolute Gasteiger partial charge is 0.493 e. The minimum absolute atomic E-state index is 0.0231. The Kier molecular flexibility index (Phi) is 10.7. The van der Waals surface area contributed by atoms with Crippen LogP contribution in [0.5, 0.6) is 28.7 Å². The maximum Gasteiger partial charge on any atom is 0.408 e. The number of rotatable bonds is 11. The maximum absolute atomic E-state index is 13.7. The molecule has 2 bridgehead atoms. The number of alkyl carbamates (subject to hydrolysis) is 1. The van der Waals surface area contributed by atoms with E-state index < -0.39 is 35.7 Å². The molecule has 4 aliphatic rings. The molecule has 0 aromatic heterocycles. The number of ether oxygens (including phenoxy) is 7. The van der Waals surface area contributed by atoms with Crippen molar-refractivity contribution in [1.29, 1.82) is 5.26 Å². The minimum Gasteiger partial charge on any atom is -0.493 e. The highest BCUT2D eigenvalue weighted by atomic mass is 16.7. The molecule has 14 nitrogen and oxygen atoms in total. The number of fused-ring (bicyclic) bond motifs is 9. The fourth-order valence-electron chi connectivity index (χ4n) is 8.50. The highest BCUT2D eigenvalue weighted by Crippen LogP contribution is 2.58. The number of nitriles is 1. The predicted molar refractivity (Wildman–Crippen MR) is 195 cm³/mol. The van der Waals surface area contributed by atoms with Gasteiger partial charge in [0.1, 0.15) is 30.0 Å². The maximum atomic E-state index is 13.7. The summed E-state index contributed by atoms with van der Waals surface area (Å²) < 4.78 is 41.6. The summed E-state index contributed by atoms with van der Waals surface area (Å²) in [5.74, 6) is 2.63. The van der Waals surface area contributed by atoms with Crippen molar-refractivity contribution in [2.75, 3.05) is 48.0 Å². The second kappa shape index (κ2) is 15.0. The summed E-state index contributed by atoms with van der Waals surface area (Å²) in [4.78, 5) is 30.7.